The predicted molar refractivity (Wildman–Crippen MR) is 42.0 cm³/mol. The summed E-state index contributed by atoms with van der Waals surface area (Å²) in [7, 11) is 0. The Balaban J connectivity index is 2.63. The Bertz CT molecular complexity index is 174. The Morgan fingerprint density at radius 2 is 2.08 bits per heavy atom. The minimum absolute atomic E-state index is 0.0768. The third-order valence-corrected chi connectivity index (χ3v) is 2.71. The molecule has 0 heterocycles. The Hall–Kier alpha value is -0.220. The van der Waals surface area contributed by atoms with Gasteiger partial charge in [-0.2, -0.15) is 0 Å². The highest BCUT2D eigenvalue weighted by Gasteiger charge is 2.46. The second-order valence-corrected chi connectivity index (χ2v) is 3.79. The van der Waals surface area contributed by atoms with Gasteiger partial charge in [0.1, 0.15) is 0 Å². The number of hydrogen-bond donors (Lipinski definition) is 2. The molecule has 0 aromatic rings. The van der Waals surface area contributed by atoms with E-state index in [-0.39, 0.29) is 25.8 Å². The Kier molecular flexibility index (Phi) is 2.40. The van der Waals surface area contributed by atoms with E-state index in [0.717, 1.165) is 0 Å². The topological polar surface area (TPSA) is 46.2 Å². The molecule has 1 rings (SSSR count). The molecule has 0 aromatic heterocycles. The van der Waals surface area contributed by atoms with E-state index in [1.807, 2.05) is 0 Å². The molecule has 12 heavy (non-hydrogen) atoms. The third kappa shape index (κ3) is 1.75. The van der Waals surface area contributed by atoms with E-state index < -0.39 is 17.4 Å². The third-order valence-electron chi connectivity index (χ3n) is 2.71. The summed E-state index contributed by atoms with van der Waals surface area (Å²) < 4.78 is 25.9. The Labute approximate surface area is 70.8 Å². The number of hydrogen-bond acceptors (Lipinski definition) is 2. The van der Waals surface area contributed by atoms with E-state index >= 15 is 0 Å². The van der Waals surface area contributed by atoms with Crippen LogP contribution in [0.3, 0.4) is 0 Å². The van der Waals surface area contributed by atoms with Gasteiger partial charge in [0.15, 0.2) is 0 Å². The highest BCUT2D eigenvalue weighted by molar-refractivity contribution is 4.93. The first kappa shape index (κ1) is 9.86. The van der Waals surface area contributed by atoms with Crippen LogP contribution >= 0.6 is 0 Å². The van der Waals surface area contributed by atoms with Crippen molar-refractivity contribution in [2.24, 2.45) is 11.7 Å². The quantitative estimate of drug-likeness (QED) is 0.634. The lowest BCUT2D eigenvalue weighted by molar-refractivity contribution is -0.137. The molecule has 1 fully saturated rings. The first-order chi connectivity index (χ1) is 5.40. The van der Waals surface area contributed by atoms with Crippen molar-refractivity contribution in [3.8, 4) is 0 Å². The van der Waals surface area contributed by atoms with E-state index in [9.17, 15) is 13.9 Å². The molecule has 4 heteroatoms. The number of alkyl halides is 2. The molecule has 0 aliphatic heterocycles. The molecule has 0 spiro atoms. The largest absolute Gasteiger partial charge is 0.389 e. The van der Waals surface area contributed by atoms with Crippen LogP contribution in [0.4, 0.5) is 8.78 Å². The fourth-order valence-corrected chi connectivity index (χ4v) is 1.65. The van der Waals surface area contributed by atoms with Crippen molar-refractivity contribution in [1.29, 1.82) is 0 Å². The maximum atomic E-state index is 12.9. The van der Waals surface area contributed by atoms with Gasteiger partial charge in [0.05, 0.1) is 5.60 Å². The molecular weight excluding hydrogens is 164 g/mol. The number of aliphatic hydroxyl groups is 1. The highest BCUT2D eigenvalue weighted by atomic mass is 19.3. The van der Waals surface area contributed by atoms with E-state index in [0.29, 0.717) is 0 Å². The average Bonchev–Trinajstić information content (AvgIpc) is 1.99. The molecule has 1 saturated carbocycles. The summed E-state index contributed by atoms with van der Waals surface area (Å²) >= 11 is 0. The molecule has 0 unspecified atom stereocenters. The SMILES string of the molecule is C[C@@H]1C[C@@](O)(CN)CCC1(F)F. The monoisotopic (exact) mass is 179 g/mol. The summed E-state index contributed by atoms with van der Waals surface area (Å²) in [6.07, 6.45) is -0.0286. The zero-order valence-corrected chi connectivity index (χ0v) is 7.19. The maximum absolute atomic E-state index is 12.9. The molecule has 1 aliphatic carbocycles. The van der Waals surface area contributed by atoms with Crippen molar-refractivity contribution in [1.82, 2.24) is 0 Å². The van der Waals surface area contributed by atoms with Gasteiger partial charge in [-0.1, -0.05) is 6.92 Å². The molecule has 0 radical (unpaired) electrons. The molecule has 0 bridgehead atoms. The Morgan fingerprint density at radius 1 is 1.50 bits per heavy atom. The van der Waals surface area contributed by atoms with Gasteiger partial charge in [-0.05, 0) is 12.8 Å². The van der Waals surface area contributed by atoms with Crippen LogP contribution in [0.25, 0.3) is 0 Å². The fraction of sp³-hybridized carbons (Fsp3) is 1.00. The minimum atomic E-state index is -2.62. The number of halogens is 2. The molecule has 72 valence electrons. The summed E-state index contributed by atoms with van der Waals surface area (Å²) in [5, 5.41) is 9.62. The summed E-state index contributed by atoms with van der Waals surface area (Å²) in [5.41, 5.74) is 4.24. The van der Waals surface area contributed by atoms with E-state index in [1.54, 1.807) is 0 Å². The molecule has 0 amide bonds. The van der Waals surface area contributed by atoms with E-state index in [2.05, 4.69) is 0 Å². The van der Waals surface area contributed by atoms with Crippen LogP contribution in [-0.4, -0.2) is 23.2 Å². The van der Waals surface area contributed by atoms with Gasteiger partial charge >= 0.3 is 0 Å². The zero-order chi connectivity index (χ0) is 9.41. The van der Waals surface area contributed by atoms with Crippen LogP contribution in [0.15, 0.2) is 0 Å². The highest BCUT2D eigenvalue weighted by Crippen LogP contribution is 2.42. The summed E-state index contributed by atoms with van der Waals surface area (Å²) in [6, 6.07) is 0. The minimum Gasteiger partial charge on any atom is -0.389 e. The van der Waals surface area contributed by atoms with Gasteiger partial charge in [-0.3, -0.25) is 0 Å². The van der Waals surface area contributed by atoms with E-state index in [1.165, 1.54) is 6.92 Å². The van der Waals surface area contributed by atoms with Gasteiger partial charge in [0.25, 0.3) is 5.92 Å². The lowest BCUT2D eigenvalue weighted by atomic mass is 9.76. The molecule has 2 nitrogen and oxygen atoms in total. The van der Waals surface area contributed by atoms with Crippen LogP contribution in [0.5, 0.6) is 0 Å². The summed E-state index contributed by atoms with van der Waals surface area (Å²) in [6.45, 7) is 1.53. The summed E-state index contributed by atoms with van der Waals surface area (Å²) in [5.74, 6) is -3.39. The van der Waals surface area contributed by atoms with Crippen molar-refractivity contribution in [2.75, 3.05) is 6.54 Å². The smallest absolute Gasteiger partial charge is 0.250 e. The van der Waals surface area contributed by atoms with Crippen LogP contribution in [0, 0.1) is 5.92 Å². The van der Waals surface area contributed by atoms with Gasteiger partial charge in [-0.15, -0.1) is 0 Å². The zero-order valence-electron chi connectivity index (χ0n) is 7.19. The van der Waals surface area contributed by atoms with Crippen LogP contribution in [-0.2, 0) is 0 Å². The first-order valence-corrected chi connectivity index (χ1v) is 4.20. The second kappa shape index (κ2) is 2.92. The fourth-order valence-electron chi connectivity index (χ4n) is 1.65. The molecular formula is C8H15F2NO. The van der Waals surface area contributed by atoms with Crippen molar-refractivity contribution in [3.63, 3.8) is 0 Å². The normalized spacial score (nSPS) is 41.2. The first-order valence-electron chi connectivity index (χ1n) is 4.20. The molecule has 1 aliphatic rings. The van der Waals surface area contributed by atoms with Crippen LogP contribution in [0.2, 0.25) is 0 Å². The molecule has 2 atom stereocenters. The lowest BCUT2D eigenvalue weighted by Crippen LogP contribution is -2.48. The van der Waals surface area contributed by atoms with Gasteiger partial charge in [0, 0.05) is 18.9 Å². The van der Waals surface area contributed by atoms with Gasteiger partial charge in [-0.25, -0.2) is 8.78 Å². The standard InChI is InChI=1S/C8H15F2NO/c1-6-4-7(12,5-11)2-3-8(6,9)10/h6,12H,2-5,11H2,1H3/t6-,7-/m1/s1. The second-order valence-electron chi connectivity index (χ2n) is 3.79. The maximum Gasteiger partial charge on any atom is 0.250 e. The number of rotatable bonds is 1. The average molecular weight is 179 g/mol. The van der Waals surface area contributed by atoms with Crippen molar-refractivity contribution >= 4 is 0 Å². The molecule has 3 N–H and O–H groups in total. The molecule has 0 saturated heterocycles. The molecule has 0 aromatic carbocycles. The van der Waals surface area contributed by atoms with Crippen molar-refractivity contribution < 1.29 is 13.9 Å². The lowest BCUT2D eigenvalue weighted by Gasteiger charge is -2.39. The van der Waals surface area contributed by atoms with Crippen molar-refractivity contribution in [2.45, 2.75) is 37.7 Å². The van der Waals surface area contributed by atoms with Crippen molar-refractivity contribution in [3.05, 3.63) is 0 Å². The Morgan fingerprint density at radius 3 is 2.50 bits per heavy atom. The predicted octanol–water partition coefficient (Wildman–Crippen LogP) is 1.13. The van der Waals surface area contributed by atoms with Gasteiger partial charge in [0.2, 0.25) is 0 Å². The summed E-state index contributed by atoms with van der Waals surface area (Å²) in [4.78, 5) is 0. The van der Waals surface area contributed by atoms with Crippen LogP contribution in [0.1, 0.15) is 26.2 Å². The van der Waals surface area contributed by atoms with Gasteiger partial charge < -0.3 is 10.8 Å². The number of nitrogens with two attached hydrogens (primary N) is 1. The van der Waals surface area contributed by atoms with Crippen LogP contribution < -0.4 is 5.73 Å². The van der Waals surface area contributed by atoms with E-state index in [4.69, 9.17) is 5.73 Å².